The van der Waals surface area contributed by atoms with Gasteiger partial charge in [-0.25, -0.2) is 5.43 Å². The van der Waals surface area contributed by atoms with Gasteiger partial charge in [-0.3, -0.25) is 9.59 Å². The Bertz CT molecular complexity index is 886. The molecule has 0 aliphatic rings. The molecule has 0 bridgehead atoms. The maximum Gasteiger partial charge on any atom is 0.259 e. The molecular formula is C19H20BrN3O5. The van der Waals surface area contributed by atoms with Crippen LogP contribution in [0.2, 0.25) is 0 Å². The molecule has 148 valence electrons. The van der Waals surface area contributed by atoms with Crippen LogP contribution < -0.4 is 25.0 Å². The number of carbonyl (C=O) groups is 2. The summed E-state index contributed by atoms with van der Waals surface area (Å²) in [7, 11) is 4.51. The largest absolute Gasteiger partial charge is 0.493 e. The van der Waals surface area contributed by atoms with Crippen LogP contribution in [-0.2, 0) is 4.79 Å². The van der Waals surface area contributed by atoms with Crippen molar-refractivity contribution in [1.82, 2.24) is 10.7 Å². The molecule has 2 amide bonds. The molecule has 0 atom stereocenters. The summed E-state index contributed by atoms with van der Waals surface area (Å²) >= 11 is 3.29. The zero-order valence-electron chi connectivity index (χ0n) is 15.6. The van der Waals surface area contributed by atoms with Crippen molar-refractivity contribution in [3.05, 3.63) is 52.0 Å². The predicted octanol–water partition coefficient (Wildman–Crippen LogP) is 2.35. The minimum atomic E-state index is -0.473. The molecule has 0 spiro atoms. The fourth-order valence-corrected chi connectivity index (χ4v) is 2.73. The van der Waals surface area contributed by atoms with Crippen molar-refractivity contribution in [1.29, 1.82) is 0 Å². The Hall–Kier alpha value is -3.07. The number of hydrogen-bond acceptors (Lipinski definition) is 6. The van der Waals surface area contributed by atoms with E-state index in [1.165, 1.54) is 27.5 Å². The molecule has 9 heteroatoms. The quantitative estimate of drug-likeness (QED) is 0.476. The lowest BCUT2D eigenvalue weighted by Gasteiger charge is -2.13. The van der Waals surface area contributed by atoms with Gasteiger partial charge in [-0.1, -0.05) is 22.0 Å². The molecule has 0 aliphatic carbocycles. The highest BCUT2D eigenvalue weighted by Gasteiger charge is 2.14. The number of carbonyl (C=O) groups excluding carboxylic acids is 2. The van der Waals surface area contributed by atoms with Crippen molar-refractivity contribution in [2.75, 3.05) is 27.9 Å². The van der Waals surface area contributed by atoms with E-state index in [0.717, 1.165) is 4.47 Å². The molecule has 0 heterocycles. The maximum atomic E-state index is 12.0. The van der Waals surface area contributed by atoms with Crippen molar-refractivity contribution in [3.63, 3.8) is 0 Å². The highest BCUT2D eigenvalue weighted by atomic mass is 79.9. The lowest BCUT2D eigenvalue weighted by Crippen LogP contribution is -2.34. The third-order valence-corrected chi connectivity index (χ3v) is 4.12. The number of ether oxygens (including phenoxy) is 3. The number of methoxy groups -OCH3 is 3. The summed E-state index contributed by atoms with van der Waals surface area (Å²) in [6.45, 7) is -0.217. The van der Waals surface area contributed by atoms with E-state index in [9.17, 15) is 9.59 Å². The van der Waals surface area contributed by atoms with Crippen molar-refractivity contribution >= 4 is 34.0 Å². The number of halogens is 1. The molecule has 8 nitrogen and oxygen atoms in total. The first kappa shape index (κ1) is 21.2. The molecular weight excluding hydrogens is 430 g/mol. The minimum Gasteiger partial charge on any atom is -0.493 e. The predicted molar refractivity (Wildman–Crippen MR) is 108 cm³/mol. The minimum absolute atomic E-state index is 0.217. The monoisotopic (exact) mass is 449 g/mol. The number of hydrazone groups is 1. The number of benzene rings is 2. The Labute approximate surface area is 171 Å². The first-order chi connectivity index (χ1) is 13.5. The number of rotatable bonds is 8. The van der Waals surface area contributed by atoms with Crippen LogP contribution in [0.1, 0.15) is 15.9 Å². The zero-order chi connectivity index (χ0) is 20.5. The third-order valence-electron chi connectivity index (χ3n) is 3.62. The topological polar surface area (TPSA) is 98.2 Å². The second-order valence-corrected chi connectivity index (χ2v) is 6.33. The van der Waals surface area contributed by atoms with E-state index in [0.29, 0.717) is 28.4 Å². The Balaban J connectivity index is 1.95. The van der Waals surface area contributed by atoms with Gasteiger partial charge in [0.05, 0.1) is 34.1 Å². The molecule has 2 aromatic carbocycles. The van der Waals surface area contributed by atoms with Gasteiger partial charge in [-0.15, -0.1) is 0 Å². The van der Waals surface area contributed by atoms with Gasteiger partial charge in [0, 0.05) is 15.6 Å². The van der Waals surface area contributed by atoms with Gasteiger partial charge >= 0.3 is 0 Å². The second-order valence-electron chi connectivity index (χ2n) is 5.41. The van der Waals surface area contributed by atoms with E-state index in [4.69, 9.17) is 14.2 Å². The molecule has 2 aromatic rings. The summed E-state index contributed by atoms with van der Waals surface area (Å²) < 4.78 is 16.6. The number of hydrogen-bond donors (Lipinski definition) is 2. The van der Waals surface area contributed by atoms with Crippen LogP contribution in [0.25, 0.3) is 0 Å². The Morgan fingerprint density at radius 3 is 2.46 bits per heavy atom. The molecule has 0 aliphatic heterocycles. The highest BCUT2D eigenvalue weighted by molar-refractivity contribution is 9.10. The SMILES string of the molecule is COc1ccc(/C=N/NC(=O)CNC(=O)c2cccc(Br)c2)c(OC)c1OC. The number of amides is 2. The van der Waals surface area contributed by atoms with Crippen molar-refractivity contribution in [2.45, 2.75) is 0 Å². The summed E-state index contributed by atoms with van der Waals surface area (Å²) in [6, 6.07) is 10.3. The summed E-state index contributed by atoms with van der Waals surface area (Å²) in [5.74, 6) is 0.515. The number of nitrogens with one attached hydrogen (secondary N) is 2. The molecule has 0 aromatic heterocycles. The summed E-state index contributed by atoms with van der Waals surface area (Å²) in [5, 5.41) is 6.41. The molecule has 0 saturated carbocycles. The summed E-state index contributed by atoms with van der Waals surface area (Å²) in [6.07, 6.45) is 1.41. The molecule has 0 saturated heterocycles. The van der Waals surface area contributed by atoms with Crippen LogP contribution in [0.15, 0.2) is 46.0 Å². The van der Waals surface area contributed by atoms with Gasteiger partial charge in [0.15, 0.2) is 11.5 Å². The van der Waals surface area contributed by atoms with Gasteiger partial charge < -0.3 is 19.5 Å². The van der Waals surface area contributed by atoms with Crippen LogP contribution in [0.5, 0.6) is 17.2 Å². The van der Waals surface area contributed by atoms with Crippen LogP contribution in [-0.4, -0.2) is 45.9 Å². The second kappa shape index (κ2) is 10.3. The zero-order valence-corrected chi connectivity index (χ0v) is 17.2. The van der Waals surface area contributed by atoms with Gasteiger partial charge in [-0.2, -0.15) is 5.10 Å². The number of nitrogens with zero attached hydrogens (tertiary/aromatic N) is 1. The summed E-state index contributed by atoms with van der Waals surface area (Å²) in [4.78, 5) is 23.9. The van der Waals surface area contributed by atoms with Gasteiger partial charge in [0.2, 0.25) is 5.75 Å². The standard InChI is InChI=1S/C19H20BrN3O5/c1-26-15-8-7-13(17(27-2)18(15)28-3)10-22-23-16(24)11-21-19(25)12-5-4-6-14(20)9-12/h4-10H,11H2,1-3H3,(H,21,25)(H,23,24)/b22-10+. The van der Waals surface area contributed by atoms with Gasteiger partial charge in [0.25, 0.3) is 11.8 Å². The average Bonchev–Trinajstić information content (AvgIpc) is 2.71. The Morgan fingerprint density at radius 2 is 1.82 bits per heavy atom. The van der Waals surface area contributed by atoms with E-state index in [1.807, 2.05) is 0 Å². The van der Waals surface area contributed by atoms with Crippen molar-refractivity contribution in [2.24, 2.45) is 5.10 Å². The van der Waals surface area contributed by atoms with E-state index in [1.54, 1.807) is 36.4 Å². The molecule has 2 rings (SSSR count). The van der Waals surface area contributed by atoms with Crippen LogP contribution in [0, 0.1) is 0 Å². The van der Waals surface area contributed by atoms with E-state index in [2.05, 4.69) is 31.8 Å². The first-order valence-electron chi connectivity index (χ1n) is 8.14. The van der Waals surface area contributed by atoms with E-state index >= 15 is 0 Å². The first-order valence-corrected chi connectivity index (χ1v) is 8.94. The van der Waals surface area contributed by atoms with Gasteiger partial charge in [-0.05, 0) is 30.3 Å². The third kappa shape index (κ3) is 5.46. The average molecular weight is 450 g/mol. The molecule has 0 fully saturated rings. The van der Waals surface area contributed by atoms with Crippen molar-refractivity contribution < 1.29 is 23.8 Å². The van der Waals surface area contributed by atoms with Crippen LogP contribution in [0.4, 0.5) is 0 Å². The van der Waals surface area contributed by atoms with Crippen LogP contribution in [0.3, 0.4) is 0 Å². The van der Waals surface area contributed by atoms with Crippen molar-refractivity contribution in [3.8, 4) is 17.2 Å². The smallest absolute Gasteiger partial charge is 0.259 e. The fraction of sp³-hybridized carbons (Fsp3) is 0.211. The molecule has 0 radical (unpaired) electrons. The van der Waals surface area contributed by atoms with E-state index < -0.39 is 5.91 Å². The molecule has 28 heavy (non-hydrogen) atoms. The summed E-state index contributed by atoms with van der Waals surface area (Å²) in [5.41, 5.74) is 3.37. The normalized spacial score (nSPS) is 10.4. The maximum absolute atomic E-state index is 12.0. The molecule has 2 N–H and O–H groups in total. The Morgan fingerprint density at radius 1 is 1.07 bits per heavy atom. The fourth-order valence-electron chi connectivity index (χ4n) is 2.33. The van der Waals surface area contributed by atoms with Gasteiger partial charge in [0.1, 0.15) is 0 Å². The lowest BCUT2D eigenvalue weighted by atomic mass is 10.2. The highest BCUT2D eigenvalue weighted by Crippen LogP contribution is 2.38. The lowest BCUT2D eigenvalue weighted by molar-refractivity contribution is -0.120. The van der Waals surface area contributed by atoms with Crippen LogP contribution >= 0.6 is 15.9 Å². The Kier molecular flexibility index (Phi) is 7.82. The molecule has 0 unspecified atom stereocenters. The van der Waals surface area contributed by atoms with E-state index in [-0.39, 0.29) is 12.5 Å².